The number of carbonyl (C=O) groups excluding carboxylic acids is 2. The van der Waals surface area contributed by atoms with E-state index in [0.717, 1.165) is 44.0 Å². The number of allylic oxidation sites excluding steroid dienone is 6. The molecule has 1 fully saturated rings. The van der Waals surface area contributed by atoms with Crippen LogP contribution < -0.4 is 0 Å². The number of fused-ring (bicyclic) bond motifs is 2. The van der Waals surface area contributed by atoms with E-state index in [9.17, 15) is 14.7 Å². The summed E-state index contributed by atoms with van der Waals surface area (Å²) in [5.74, 6) is 0.201. The van der Waals surface area contributed by atoms with Gasteiger partial charge in [0.05, 0.1) is 11.5 Å². The Labute approximate surface area is 170 Å². The van der Waals surface area contributed by atoms with E-state index in [1.807, 2.05) is 13.0 Å². The van der Waals surface area contributed by atoms with Crippen LogP contribution in [0.15, 0.2) is 34.9 Å². The number of rotatable bonds is 5. The summed E-state index contributed by atoms with van der Waals surface area (Å²) in [6.07, 6.45) is 12.1. The number of hydrogen-bond donors (Lipinski definition) is 1. The molecule has 0 bridgehead atoms. The monoisotopic (exact) mass is 384 g/mol. The van der Waals surface area contributed by atoms with Crippen LogP contribution in [0.5, 0.6) is 0 Å². The maximum atomic E-state index is 12.5. The molecule has 0 heterocycles. The van der Waals surface area contributed by atoms with Crippen molar-refractivity contribution in [2.45, 2.75) is 78.7 Å². The second-order valence-electron chi connectivity index (χ2n) is 10.1. The highest BCUT2D eigenvalue weighted by Crippen LogP contribution is 2.60. The van der Waals surface area contributed by atoms with Gasteiger partial charge in [0, 0.05) is 0 Å². The fraction of sp³-hybridized carbons (Fsp3) is 0.680. The van der Waals surface area contributed by atoms with Crippen LogP contribution in [0.2, 0.25) is 0 Å². The zero-order valence-corrected chi connectivity index (χ0v) is 18.1. The van der Waals surface area contributed by atoms with Gasteiger partial charge in [0.1, 0.15) is 6.29 Å². The van der Waals surface area contributed by atoms with Gasteiger partial charge < -0.3 is 5.11 Å². The lowest BCUT2D eigenvalue weighted by atomic mass is 9.62. The van der Waals surface area contributed by atoms with E-state index in [1.165, 1.54) is 5.57 Å². The Morgan fingerprint density at radius 3 is 2.71 bits per heavy atom. The third-order valence-electron chi connectivity index (χ3n) is 7.98. The average molecular weight is 385 g/mol. The molecule has 0 aromatic heterocycles. The zero-order valence-electron chi connectivity index (χ0n) is 18.1. The summed E-state index contributed by atoms with van der Waals surface area (Å²) in [5, 5.41) is 11.8. The van der Waals surface area contributed by atoms with E-state index in [-0.39, 0.29) is 34.9 Å². The summed E-state index contributed by atoms with van der Waals surface area (Å²) < 4.78 is 0. The first kappa shape index (κ1) is 21.2. The molecule has 0 aromatic carbocycles. The molecule has 0 spiro atoms. The Balaban J connectivity index is 1.91. The molecule has 3 aliphatic rings. The summed E-state index contributed by atoms with van der Waals surface area (Å²) in [7, 11) is 0. The minimum Gasteiger partial charge on any atom is -0.389 e. The normalized spacial score (nSPS) is 38.5. The van der Waals surface area contributed by atoms with Crippen LogP contribution >= 0.6 is 0 Å². The van der Waals surface area contributed by atoms with Gasteiger partial charge in [0.25, 0.3) is 0 Å². The average Bonchev–Trinajstić information content (AvgIpc) is 3.02. The molecular weight excluding hydrogens is 348 g/mol. The third-order valence-corrected chi connectivity index (χ3v) is 7.98. The SMILES string of the molecule is CC(C)=CCCC(C)C1(O)CCC2(C)CC3C(C)=CC(=O)C3C(C=O)=CCC21. The van der Waals surface area contributed by atoms with E-state index in [4.69, 9.17) is 0 Å². The number of hydrogen-bond acceptors (Lipinski definition) is 3. The molecule has 0 saturated heterocycles. The Kier molecular flexibility index (Phi) is 5.87. The van der Waals surface area contributed by atoms with Crippen LogP contribution in [-0.2, 0) is 9.59 Å². The predicted octanol–water partition coefficient (Wildman–Crippen LogP) is 5.20. The molecule has 1 N–H and O–H groups in total. The summed E-state index contributed by atoms with van der Waals surface area (Å²) in [4.78, 5) is 24.3. The molecule has 28 heavy (non-hydrogen) atoms. The maximum absolute atomic E-state index is 12.5. The quantitative estimate of drug-likeness (QED) is 0.524. The second-order valence-corrected chi connectivity index (χ2v) is 10.1. The van der Waals surface area contributed by atoms with Crippen LogP contribution in [0.4, 0.5) is 0 Å². The van der Waals surface area contributed by atoms with Crippen LogP contribution in [0, 0.1) is 29.1 Å². The highest BCUT2D eigenvalue weighted by molar-refractivity contribution is 6.01. The first-order valence-corrected chi connectivity index (χ1v) is 10.9. The van der Waals surface area contributed by atoms with Gasteiger partial charge in [-0.3, -0.25) is 9.59 Å². The summed E-state index contributed by atoms with van der Waals surface area (Å²) in [5.41, 5.74) is 2.32. The number of carbonyl (C=O) groups is 2. The number of aldehydes is 1. The van der Waals surface area contributed by atoms with Crippen molar-refractivity contribution in [3.05, 3.63) is 34.9 Å². The van der Waals surface area contributed by atoms with Crippen molar-refractivity contribution in [1.82, 2.24) is 0 Å². The smallest absolute Gasteiger partial charge is 0.163 e. The van der Waals surface area contributed by atoms with Crippen LogP contribution in [0.3, 0.4) is 0 Å². The largest absolute Gasteiger partial charge is 0.389 e. The zero-order chi connectivity index (χ0) is 20.7. The van der Waals surface area contributed by atoms with Crippen molar-refractivity contribution in [2.75, 3.05) is 0 Å². The maximum Gasteiger partial charge on any atom is 0.163 e. The van der Waals surface area contributed by atoms with Crippen molar-refractivity contribution in [3.63, 3.8) is 0 Å². The molecule has 3 nitrogen and oxygen atoms in total. The van der Waals surface area contributed by atoms with E-state index in [0.29, 0.717) is 12.0 Å². The molecule has 0 radical (unpaired) electrons. The van der Waals surface area contributed by atoms with Gasteiger partial charge in [0.2, 0.25) is 0 Å². The molecule has 3 aliphatic carbocycles. The Bertz CT molecular complexity index is 739. The van der Waals surface area contributed by atoms with Gasteiger partial charge in [-0.15, -0.1) is 0 Å². The highest BCUT2D eigenvalue weighted by atomic mass is 16.3. The Morgan fingerprint density at radius 1 is 1.36 bits per heavy atom. The predicted molar refractivity (Wildman–Crippen MR) is 113 cm³/mol. The summed E-state index contributed by atoms with van der Waals surface area (Å²) >= 11 is 0. The standard InChI is InChI=1S/C25H36O3/c1-16(2)7-6-8-18(4)25(28)12-11-24(5)14-20-17(3)13-21(27)23(20)19(15-26)9-10-22(24)25/h7,9,13,15,18,20,22-23,28H,6,8,10-12,14H2,1-5H3. The Hall–Kier alpha value is -1.48. The van der Waals surface area contributed by atoms with Gasteiger partial charge in [-0.2, -0.15) is 0 Å². The van der Waals surface area contributed by atoms with Gasteiger partial charge in [0.15, 0.2) is 5.78 Å². The van der Waals surface area contributed by atoms with Crippen molar-refractivity contribution in [2.24, 2.45) is 29.1 Å². The minimum absolute atomic E-state index is 0.00687. The molecule has 1 saturated carbocycles. The highest BCUT2D eigenvalue weighted by Gasteiger charge is 2.57. The van der Waals surface area contributed by atoms with E-state index >= 15 is 0 Å². The summed E-state index contributed by atoms with van der Waals surface area (Å²) in [6.45, 7) is 10.7. The van der Waals surface area contributed by atoms with Crippen LogP contribution in [0.1, 0.15) is 73.1 Å². The van der Waals surface area contributed by atoms with E-state index in [1.54, 1.807) is 6.08 Å². The molecule has 6 atom stereocenters. The lowest BCUT2D eigenvalue weighted by Gasteiger charge is -2.44. The van der Waals surface area contributed by atoms with Gasteiger partial charge in [-0.25, -0.2) is 0 Å². The fourth-order valence-electron chi connectivity index (χ4n) is 6.19. The summed E-state index contributed by atoms with van der Waals surface area (Å²) in [6, 6.07) is 0. The van der Waals surface area contributed by atoms with Crippen molar-refractivity contribution < 1.29 is 14.7 Å². The van der Waals surface area contributed by atoms with E-state index in [2.05, 4.69) is 33.8 Å². The molecule has 154 valence electrons. The molecule has 3 heteroatoms. The van der Waals surface area contributed by atoms with Crippen LogP contribution in [0.25, 0.3) is 0 Å². The van der Waals surface area contributed by atoms with Crippen molar-refractivity contribution in [3.8, 4) is 0 Å². The van der Waals surface area contributed by atoms with Gasteiger partial charge in [-0.1, -0.05) is 37.1 Å². The van der Waals surface area contributed by atoms with E-state index < -0.39 is 5.60 Å². The number of ketones is 1. The molecule has 0 aliphatic heterocycles. The molecule has 0 aromatic rings. The minimum atomic E-state index is -0.707. The molecule has 0 amide bonds. The van der Waals surface area contributed by atoms with Gasteiger partial charge >= 0.3 is 0 Å². The molecular formula is C25H36O3. The van der Waals surface area contributed by atoms with Crippen LogP contribution in [-0.4, -0.2) is 22.8 Å². The first-order valence-electron chi connectivity index (χ1n) is 10.9. The topological polar surface area (TPSA) is 54.4 Å². The van der Waals surface area contributed by atoms with Crippen molar-refractivity contribution >= 4 is 12.1 Å². The lowest BCUT2D eigenvalue weighted by Crippen LogP contribution is -2.45. The lowest BCUT2D eigenvalue weighted by molar-refractivity contribution is -0.119. The molecule has 3 rings (SSSR count). The third kappa shape index (κ3) is 3.58. The van der Waals surface area contributed by atoms with Gasteiger partial charge in [-0.05, 0) is 94.1 Å². The fourth-order valence-corrected chi connectivity index (χ4v) is 6.19. The molecule has 6 unspecified atom stereocenters. The first-order chi connectivity index (χ1) is 13.1. The number of aliphatic hydroxyl groups is 1. The Morgan fingerprint density at radius 2 is 2.07 bits per heavy atom. The second kappa shape index (κ2) is 7.74. The van der Waals surface area contributed by atoms with Crippen molar-refractivity contribution in [1.29, 1.82) is 0 Å².